The van der Waals surface area contributed by atoms with Crippen molar-refractivity contribution in [2.75, 3.05) is 45.0 Å². The van der Waals surface area contributed by atoms with Crippen LogP contribution in [0, 0.1) is 12.3 Å². The van der Waals surface area contributed by atoms with E-state index in [1.807, 2.05) is 36.4 Å². The van der Waals surface area contributed by atoms with Crippen LogP contribution < -0.4 is 14.8 Å². The highest BCUT2D eigenvalue weighted by Gasteiger charge is 2.13. The summed E-state index contributed by atoms with van der Waals surface area (Å²) in [5.74, 6) is 4.61. The Labute approximate surface area is 284 Å². The Bertz CT molecular complexity index is 1290. The Morgan fingerprint density at radius 2 is 1.17 bits per heavy atom. The number of hydrogen-bond acceptors (Lipinski definition) is 7. The van der Waals surface area contributed by atoms with Crippen LogP contribution in [-0.2, 0) is 9.47 Å². The fourth-order valence-electron chi connectivity index (χ4n) is 5.51. The number of anilines is 2. The molecule has 7 nitrogen and oxygen atoms in total. The van der Waals surface area contributed by atoms with Gasteiger partial charge in [-0.2, -0.15) is 0 Å². The van der Waals surface area contributed by atoms with E-state index in [2.05, 4.69) is 35.1 Å². The summed E-state index contributed by atoms with van der Waals surface area (Å²) in [5, 5.41) is 4.21. The molecule has 2 aromatic carbocycles. The number of nitrogens with one attached hydrogen (secondary N) is 1. The molecule has 0 aliphatic rings. The normalized spacial score (nSPS) is 11.1. The quantitative estimate of drug-likeness (QED) is 0.0622. The largest absolute Gasteiger partial charge is 0.487 e. The van der Waals surface area contributed by atoms with Gasteiger partial charge in [-0.1, -0.05) is 116 Å². The molecular formula is C40H59N3O4. The van der Waals surface area contributed by atoms with Crippen molar-refractivity contribution in [3.05, 3.63) is 48.3 Å². The number of terminal acetylenes is 1. The molecule has 0 spiro atoms. The van der Waals surface area contributed by atoms with E-state index < -0.39 is 0 Å². The van der Waals surface area contributed by atoms with Crippen molar-refractivity contribution in [2.24, 2.45) is 0 Å². The highest BCUT2D eigenvalue weighted by Crippen LogP contribution is 2.35. The lowest BCUT2D eigenvalue weighted by molar-refractivity contribution is 0.0884. The summed E-state index contributed by atoms with van der Waals surface area (Å²) >= 11 is 0. The van der Waals surface area contributed by atoms with Gasteiger partial charge in [-0.05, 0) is 37.1 Å². The first-order valence-electron chi connectivity index (χ1n) is 18.3. The first-order chi connectivity index (χ1) is 23.2. The van der Waals surface area contributed by atoms with Crippen LogP contribution in [0.3, 0.4) is 0 Å². The van der Waals surface area contributed by atoms with Crippen LogP contribution in [-0.4, -0.2) is 49.6 Å². The summed E-state index contributed by atoms with van der Waals surface area (Å²) < 4.78 is 24.2. The molecule has 0 aliphatic heterocycles. The molecular weight excluding hydrogens is 586 g/mol. The molecule has 3 rings (SSSR count). The van der Waals surface area contributed by atoms with Crippen LogP contribution in [0.25, 0.3) is 10.9 Å². The zero-order valence-electron chi connectivity index (χ0n) is 29.2. The van der Waals surface area contributed by atoms with Gasteiger partial charge in [0.2, 0.25) is 0 Å². The van der Waals surface area contributed by atoms with Gasteiger partial charge >= 0.3 is 0 Å². The van der Waals surface area contributed by atoms with Gasteiger partial charge in [0, 0.05) is 35.9 Å². The van der Waals surface area contributed by atoms with E-state index in [4.69, 9.17) is 25.4 Å². The third-order valence-corrected chi connectivity index (χ3v) is 8.25. The van der Waals surface area contributed by atoms with E-state index in [0.717, 1.165) is 48.2 Å². The number of rotatable bonds is 28. The number of fused-ring (bicyclic) bond motifs is 1. The van der Waals surface area contributed by atoms with Crippen LogP contribution in [0.15, 0.2) is 42.7 Å². The highest BCUT2D eigenvalue weighted by molar-refractivity contribution is 5.93. The van der Waals surface area contributed by atoms with Gasteiger partial charge in [0.05, 0.1) is 18.7 Å². The Balaban J connectivity index is 1.51. The van der Waals surface area contributed by atoms with Gasteiger partial charge < -0.3 is 24.3 Å². The van der Waals surface area contributed by atoms with Crippen LogP contribution in [0.5, 0.6) is 11.5 Å². The minimum absolute atomic E-state index is 0.425. The first-order valence-corrected chi connectivity index (χ1v) is 18.3. The molecule has 258 valence electrons. The van der Waals surface area contributed by atoms with Crippen molar-refractivity contribution >= 4 is 22.4 Å². The fraction of sp³-hybridized carbons (Fsp3) is 0.600. The van der Waals surface area contributed by atoms with Crippen LogP contribution in [0.2, 0.25) is 0 Å². The Hall–Kier alpha value is -3.34. The van der Waals surface area contributed by atoms with E-state index in [1.165, 1.54) is 89.9 Å². The van der Waals surface area contributed by atoms with Crippen molar-refractivity contribution < 1.29 is 18.9 Å². The standard InChI is InChI=1S/C40H59N3O4/c1-4-7-9-11-13-15-17-19-24-44-26-28-46-38-31-36-37(41-33-42-40(36)43-35-23-21-22-34(6-3)30-35)32-39(38)47-29-27-45-25-20-18-16-14-12-10-8-5-2/h3,21-23,30-33H,4-5,7-20,24-29H2,1-2H3,(H,41,42,43). The third kappa shape index (κ3) is 15.9. The third-order valence-electron chi connectivity index (χ3n) is 8.25. The van der Waals surface area contributed by atoms with E-state index in [0.29, 0.717) is 43.7 Å². The van der Waals surface area contributed by atoms with Gasteiger partial charge in [-0.3, -0.25) is 0 Å². The number of nitrogens with zero attached hydrogens (tertiary/aromatic N) is 2. The fourth-order valence-corrected chi connectivity index (χ4v) is 5.51. The second kappa shape index (κ2) is 24.8. The number of benzene rings is 2. The van der Waals surface area contributed by atoms with Crippen molar-refractivity contribution in [3.8, 4) is 23.8 Å². The molecule has 0 unspecified atom stereocenters. The Morgan fingerprint density at radius 3 is 1.74 bits per heavy atom. The lowest BCUT2D eigenvalue weighted by Crippen LogP contribution is -2.11. The summed E-state index contributed by atoms with van der Waals surface area (Å²) in [7, 11) is 0. The van der Waals surface area contributed by atoms with Crippen molar-refractivity contribution in [1.29, 1.82) is 0 Å². The number of ether oxygens (including phenoxy) is 4. The molecule has 7 heteroatoms. The van der Waals surface area contributed by atoms with Crippen LogP contribution in [0.4, 0.5) is 11.5 Å². The smallest absolute Gasteiger partial charge is 0.163 e. The second-order valence-corrected chi connectivity index (χ2v) is 12.3. The molecule has 0 fully saturated rings. The number of unbranched alkanes of at least 4 members (excludes halogenated alkanes) is 14. The van der Waals surface area contributed by atoms with Crippen LogP contribution >= 0.6 is 0 Å². The Kier molecular flexibility index (Phi) is 20.1. The lowest BCUT2D eigenvalue weighted by atomic mass is 10.1. The van der Waals surface area contributed by atoms with E-state index in [1.54, 1.807) is 6.33 Å². The molecule has 0 saturated carbocycles. The van der Waals surface area contributed by atoms with Crippen molar-refractivity contribution in [2.45, 2.75) is 117 Å². The first kappa shape index (κ1) is 38.1. The number of hydrogen-bond donors (Lipinski definition) is 1. The van der Waals surface area contributed by atoms with Crippen molar-refractivity contribution in [1.82, 2.24) is 9.97 Å². The maximum Gasteiger partial charge on any atom is 0.163 e. The predicted molar refractivity (Wildman–Crippen MR) is 195 cm³/mol. The predicted octanol–water partition coefficient (Wildman–Crippen LogP) is 10.4. The summed E-state index contributed by atoms with van der Waals surface area (Å²) in [6.07, 6.45) is 27.7. The minimum Gasteiger partial charge on any atom is -0.487 e. The average Bonchev–Trinajstić information content (AvgIpc) is 3.09. The maximum atomic E-state index is 6.23. The summed E-state index contributed by atoms with van der Waals surface area (Å²) in [5.41, 5.74) is 2.40. The Morgan fingerprint density at radius 1 is 0.617 bits per heavy atom. The van der Waals surface area contributed by atoms with Gasteiger partial charge in [-0.25, -0.2) is 9.97 Å². The second-order valence-electron chi connectivity index (χ2n) is 12.3. The monoisotopic (exact) mass is 645 g/mol. The van der Waals surface area contributed by atoms with Gasteiger partial charge in [-0.15, -0.1) is 6.42 Å². The molecule has 0 aliphatic carbocycles. The van der Waals surface area contributed by atoms with E-state index >= 15 is 0 Å². The summed E-state index contributed by atoms with van der Waals surface area (Å²) in [6.45, 7) is 7.94. The van der Waals surface area contributed by atoms with Crippen LogP contribution in [0.1, 0.15) is 122 Å². The van der Waals surface area contributed by atoms with Gasteiger partial charge in [0.1, 0.15) is 25.4 Å². The SMILES string of the molecule is C#Cc1cccc(Nc2ncnc3cc(OCCOCCCCCCCCCC)c(OCCOCCCCCCCCCC)cc23)c1. The molecule has 0 saturated heterocycles. The molecule has 1 N–H and O–H groups in total. The molecule has 1 aromatic heterocycles. The average molecular weight is 646 g/mol. The number of aromatic nitrogens is 2. The summed E-state index contributed by atoms with van der Waals surface area (Å²) in [4.78, 5) is 9.03. The zero-order valence-corrected chi connectivity index (χ0v) is 29.2. The topological polar surface area (TPSA) is 74.7 Å². The molecule has 1 heterocycles. The van der Waals surface area contributed by atoms with Crippen molar-refractivity contribution in [3.63, 3.8) is 0 Å². The van der Waals surface area contributed by atoms with E-state index in [9.17, 15) is 0 Å². The van der Waals surface area contributed by atoms with E-state index in [-0.39, 0.29) is 0 Å². The lowest BCUT2D eigenvalue weighted by Gasteiger charge is -2.16. The zero-order chi connectivity index (χ0) is 33.2. The minimum atomic E-state index is 0.425. The maximum absolute atomic E-state index is 6.23. The summed E-state index contributed by atoms with van der Waals surface area (Å²) in [6, 6.07) is 11.6. The highest BCUT2D eigenvalue weighted by atomic mass is 16.6. The molecule has 0 amide bonds. The molecule has 0 atom stereocenters. The van der Waals surface area contributed by atoms with Gasteiger partial charge in [0.15, 0.2) is 11.5 Å². The molecule has 3 aromatic rings. The molecule has 47 heavy (non-hydrogen) atoms. The van der Waals surface area contributed by atoms with Gasteiger partial charge in [0.25, 0.3) is 0 Å². The molecule has 0 radical (unpaired) electrons. The molecule has 0 bridgehead atoms.